The molecule has 0 aliphatic carbocycles. The van der Waals surface area contributed by atoms with Crippen LogP contribution in [0.3, 0.4) is 0 Å². The molecule has 0 spiro atoms. The zero-order valence-corrected chi connectivity index (χ0v) is 19.3. The first-order chi connectivity index (χ1) is 15.8. The molecule has 10 nitrogen and oxygen atoms in total. The van der Waals surface area contributed by atoms with Crippen LogP contribution in [-0.2, 0) is 19.1 Å². The Morgan fingerprint density at radius 3 is 1.94 bits per heavy atom. The van der Waals surface area contributed by atoms with Crippen molar-refractivity contribution in [3.05, 3.63) is 47.5 Å². The van der Waals surface area contributed by atoms with Crippen molar-refractivity contribution in [2.24, 2.45) is 5.92 Å². The summed E-state index contributed by atoms with van der Waals surface area (Å²) in [6, 6.07) is 10.2. The van der Waals surface area contributed by atoms with E-state index in [4.69, 9.17) is 28.4 Å². The van der Waals surface area contributed by atoms with E-state index in [1.807, 2.05) is 0 Å². The van der Waals surface area contributed by atoms with Gasteiger partial charge in [0.2, 0.25) is 0 Å². The lowest BCUT2D eigenvalue weighted by Crippen LogP contribution is -2.39. The van der Waals surface area contributed by atoms with Gasteiger partial charge in [-0.25, -0.2) is 0 Å². The molecule has 0 amide bonds. The second-order valence-electron chi connectivity index (χ2n) is 8.05. The molecule has 0 bridgehead atoms. The minimum absolute atomic E-state index is 0. The van der Waals surface area contributed by atoms with Crippen LogP contribution >= 0.6 is 0 Å². The minimum atomic E-state index is -1.28. The molecule has 2 aliphatic heterocycles. The van der Waals surface area contributed by atoms with Gasteiger partial charge in [0.1, 0.15) is 11.7 Å². The maximum Gasteiger partial charge on any atom is 0.308 e. The van der Waals surface area contributed by atoms with E-state index in [0.29, 0.717) is 22.8 Å². The maximum atomic E-state index is 11.6. The van der Waals surface area contributed by atoms with E-state index in [2.05, 4.69) is 0 Å². The smallest absolute Gasteiger partial charge is 0.308 e. The van der Waals surface area contributed by atoms with Crippen molar-refractivity contribution in [2.75, 3.05) is 27.4 Å². The van der Waals surface area contributed by atoms with Crippen molar-refractivity contribution in [2.45, 2.75) is 31.7 Å². The molecule has 3 N–H and O–H groups in total. The quantitative estimate of drug-likeness (QED) is 0.489. The van der Waals surface area contributed by atoms with Crippen molar-refractivity contribution in [3.8, 4) is 23.0 Å². The van der Waals surface area contributed by atoms with Crippen LogP contribution in [0.1, 0.15) is 37.2 Å². The number of ether oxygens (including phenoxy) is 6. The largest absolute Gasteiger partial charge is 0.493 e. The van der Waals surface area contributed by atoms with Crippen LogP contribution in [0.2, 0.25) is 0 Å². The van der Waals surface area contributed by atoms with Gasteiger partial charge in [0.25, 0.3) is 0 Å². The van der Waals surface area contributed by atoms with Gasteiger partial charge in [-0.3, -0.25) is 9.59 Å². The average molecular weight is 476 g/mol. The Labute approximate surface area is 196 Å². The number of hydrogen-bond donors (Lipinski definition) is 1. The summed E-state index contributed by atoms with van der Waals surface area (Å²) >= 11 is 0. The fraction of sp³-hybridized carbons (Fsp3) is 0.417. The fourth-order valence-electron chi connectivity index (χ4n) is 4.45. The summed E-state index contributed by atoms with van der Waals surface area (Å²) in [4.78, 5) is 22.6. The van der Waals surface area contributed by atoms with Gasteiger partial charge in [-0.15, -0.1) is 0 Å². The number of aliphatic hydroxyl groups is 1. The third kappa shape index (κ3) is 4.58. The van der Waals surface area contributed by atoms with Crippen LogP contribution in [0.15, 0.2) is 36.4 Å². The average Bonchev–Trinajstić information content (AvgIpc) is 3.28. The van der Waals surface area contributed by atoms with Gasteiger partial charge in [-0.1, -0.05) is 12.1 Å². The number of methoxy groups -OCH3 is 2. The molecule has 0 radical (unpaired) electrons. The van der Waals surface area contributed by atoms with Gasteiger partial charge in [0, 0.05) is 19.8 Å². The molecule has 2 heterocycles. The second kappa shape index (κ2) is 9.98. The molecule has 4 rings (SSSR count). The van der Waals surface area contributed by atoms with Crippen LogP contribution in [0.5, 0.6) is 23.0 Å². The molecule has 0 unspecified atom stereocenters. The van der Waals surface area contributed by atoms with Gasteiger partial charge < -0.3 is 39.0 Å². The van der Waals surface area contributed by atoms with Crippen LogP contribution < -0.4 is 18.9 Å². The molecular weight excluding hydrogens is 448 g/mol. The highest BCUT2D eigenvalue weighted by molar-refractivity contribution is 5.71. The Morgan fingerprint density at radius 2 is 1.41 bits per heavy atom. The van der Waals surface area contributed by atoms with Crippen molar-refractivity contribution < 1.29 is 48.6 Å². The summed E-state index contributed by atoms with van der Waals surface area (Å²) in [7, 11) is 2.96. The first-order valence-corrected chi connectivity index (χ1v) is 10.4. The number of carbonyl (C=O) groups excluding carboxylic acids is 2. The number of hydrogen-bond acceptors (Lipinski definition) is 9. The van der Waals surface area contributed by atoms with Gasteiger partial charge in [-0.05, 0) is 35.4 Å². The molecule has 2 aromatic carbocycles. The molecular formula is C24H28O10. The van der Waals surface area contributed by atoms with Gasteiger partial charge in [-0.2, -0.15) is 0 Å². The monoisotopic (exact) mass is 476 g/mol. The summed E-state index contributed by atoms with van der Waals surface area (Å²) < 4.78 is 33.1. The first-order valence-electron chi connectivity index (χ1n) is 10.4. The maximum absolute atomic E-state index is 11.6. The van der Waals surface area contributed by atoms with E-state index >= 15 is 0 Å². The lowest BCUT2D eigenvalue weighted by Gasteiger charge is -2.27. The molecule has 0 saturated carbocycles. The van der Waals surface area contributed by atoms with Crippen LogP contribution in [0, 0.1) is 5.92 Å². The van der Waals surface area contributed by atoms with Gasteiger partial charge >= 0.3 is 11.9 Å². The molecule has 2 saturated heterocycles. The predicted molar refractivity (Wildman–Crippen MR) is 118 cm³/mol. The SMILES string of the molecule is COc1cc([C@H]2OC[C@]3(O)[C@@H](c4ccc(OC(C)=O)c(OC)c4)OC[C@H]23)ccc1OC(C)=O.O. The van der Waals surface area contributed by atoms with E-state index < -0.39 is 29.7 Å². The Balaban J connectivity index is 0.00000324. The van der Waals surface area contributed by atoms with E-state index in [-0.39, 0.29) is 30.4 Å². The topological polar surface area (TPSA) is 141 Å². The molecule has 2 aromatic rings. The summed E-state index contributed by atoms with van der Waals surface area (Å²) in [5.41, 5.74) is 0.177. The third-order valence-electron chi connectivity index (χ3n) is 5.91. The molecule has 184 valence electrons. The van der Waals surface area contributed by atoms with Crippen LogP contribution in [0.25, 0.3) is 0 Å². The molecule has 2 fully saturated rings. The first kappa shape index (κ1) is 25.4. The lowest BCUT2D eigenvalue weighted by atomic mass is 9.81. The Morgan fingerprint density at radius 1 is 0.882 bits per heavy atom. The zero-order valence-electron chi connectivity index (χ0n) is 19.3. The van der Waals surface area contributed by atoms with E-state index in [1.54, 1.807) is 36.4 Å². The normalized spacial score (nSPS) is 25.1. The van der Waals surface area contributed by atoms with Crippen molar-refractivity contribution >= 4 is 11.9 Å². The molecule has 2 aliphatic rings. The summed E-state index contributed by atoms with van der Waals surface area (Å²) in [6.45, 7) is 2.96. The summed E-state index contributed by atoms with van der Waals surface area (Å²) in [5.74, 6) is 0.0978. The highest BCUT2D eigenvalue weighted by Crippen LogP contribution is 2.54. The lowest BCUT2D eigenvalue weighted by molar-refractivity contribution is -0.132. The number of esters is 2. The standard InChI is InChI=1S/C24H26O9.H2O/c1-13(25)32-18-7-5-15(9-20(18)28-3)22-17-11-30-23(24(17,27)12-31-22)16-6-8-19(33-14(2)26)21(10-16)29-4;/h5-10,17,22-23,27H,11-12H2,1-4H3;1H2/t17-,22-,23-,24-;/m1./s1. The Hall–Kier alpha value is -3.18. The molecule has 34 heavy (non-hydrogen) atoms. The van der Waals surface area contributed by atoms with Crippen molar-refractivity contribution in [3.63, 3.8) is 0 Å². The van der Waals surface area contributed by atoms with E-state index in [1.165, 1.54) is 28.1 Å². The van der Waals surface area contributed by atoms with Crippen LogP contribution in [-0.4, -0.2) is 55.6 Å². The Kier molecular flexibility index (Phi) is 7.47. The molecule has 0 aromatic heterocycles. The highest BCUT2D eigenvalue weighted by atomic mass is 16.6. The van der Waals surface area contributed by atoms with Crippen molar-refractivity contribution in [1.82, 2.24) is 0 Å². The summed E-state index contributed by atoms with van der Waals surface area (Å²) in [6.07, 6.45) is -1.10. The van der Waals surface area contributed by atoms with Crippen molar-refractivity contribution in [1.29, 1.82) is 0 Å². The Bertz CT molecular complexity index is 1070. The highest BCUT2D eigenvalue weighted by Gasteiger charge is 2.59. The number of rotatable bonds is 6. The number of carbonyl (C=O) groups is 2. The van der Waals surface area contributed by atoms with Gasteiger partial charge in [0.05, 0.1) is 33.5 Å². The summed E-state index contributed by atoms with van der Waals surface area (Å²) in [5, 5.41) is 11.6. The van der Waals surface area contributed by atoms with E-state index in [0.717, 1.165) is 5.56 Å². The van der Waals surface area contributed by atoms with Gasteiger partial charge in [0.15, 0.2) is 23.0 Å². The van der Waals surface area contributed by atoms with E-state index in [9.17, 15) is 14.7 Å². The number of fused-ring (bicyclic) bond motifs is 1. The predicted octanol–water partition coefficient (Wildman–Crippen LogP) is 1.92. The second-order valence-corrected chi connectivity index (χ2v) is 8.05. The third-order valence-corrected chi connectivity index (χ3v) is 5.91. The molecule has 10 heteroatoms. The number of benzene rings is 2. The van der Waals surface area contributed by atoms with Crippen LogP contribution in [0.4, 0.5) is 0 Å². The minimum Gasteiger partial charge on any atom is -0.493 e. The fourth-order valence-corrected chi connectivity index (χ4v) is 4.45. The zero-order chi connectivity index (χ0) is 23.8. The molecule has 4 atom stereocenters.